The third kappa shape index (κ3) is 3.45. The Labute approximate surface area is 108 Å². The minimum Gasteiger partial charge on any atom is -0.427 e. The van der Waals surface area contributed by atoms with Gasteiger partial charge in [-0.05, 0) is 25.0 Å². The average molecular weight is 250 g/mol. The van der Waals surface area contributed by atoms with Gasteiger partial charge in [0.1, 0.15) is 0 Å². The number of aromatic nitrogens is 1. The molecular weight excluding hydrogens is 228 g/mol. The highest BCUT2D eigenvalue weighted by Gasteiger charge is 2.30. The summed E-state index contributed by atoms with van der Waals surface area (Å²) >= 11 is 0. The molecule has 0 unspecified atom stereocenters. The number of nitrogens with zero attached hydrogens (tertiary/aromatic N) is 2. The molecule has 1 aromatic rings. The molecule has 100 valence electrons. The number of pyridine rings is 1. The lowest BCUT2D eigenvalue weighted by Crippen LogP contribution is -2.30. The molecule has 0 aromatic carbocycles. The van der Waals surface area contributed by atoms with Crippen LogP contribution in [0.1, 0.15) is 46.5 Å². The van der Waals surface area contributed by atoms with E-state index in [1.807, 2.05) is 6.92 Å². The molecule has 1 N–H and O–H groups in total. The molecule has 0 fully saturated rings. The van der Waals surface area contributed by atoms with Gasteiger partial charge in [-0.25, -0.2) is 0 Å². The Kier molecular flexibility index (Phi) is 5.13. The van der Waals surface area contributed by atoms with E-state index in [1.165, 1.54) is 6.20 Å². The molecule has 0 radical (unpaired) electrons. The van der Waals surface area contributed by atoms with Gasteiger partial charge < -0.3 is 5.21 Å². The van der Waals surface area contributed by atoms with E-state index in [-0.39, 0.29) is 11.4 Å². The predicted octanol–water partition coefficient (Wildman–Crippen LogP) is 2.76. The van der Waals surface area contributed by atoms with E-state index in [1.54, 1.807) is 18.2 Å². The molecule has 0 saturated heterocycles. The first-order chi connectivity index (χ1) is 8.53. The second-order valence-corrected chi connectivity index (χ2v) is 4.88. The molecule has 1 amide bonds. The summed E-state index contributed by atoms with van der Waals surface area (Å²) in [5.41, 5.74) is -0.146. The SMILES string of the molecule is CCCC(C)(CCC)C(=O)N=c1ccccn1O. The molecule has 0 atom stereocenters. The number of carbonyl (C=O) groups excluding carboxylic acids is 1. The maximum atomic E-state index is 12.3. The van der Waals surface area contributed by atoms with E-state index >= 15 is 0 Å². The Balaban J connectivity index is 3.06. The van der Waals surface area contributed by atoms with Gasteiger partial charge in [-0.2, -0.15) is 9.72 Å². The molecule has 1 aromatic heterocycles. The molecule has 0 aliphatic carbocycles. The second kappa shape index (κ2) is 6.38. The van der Waals surface area contributed by atoms with Gasteiger partial charge in [0, 0.05) is 11.6 Å². The van der Waals surface area contributed by atoms with E-state index < -0.39 is 5.41 Å². The lowest BCUT2D eigenvalue weighted by atomic mass is 9.80. The van der Waals surface area contributed by atoms with Gasteiger partial charge in [-0.15, -0.1) is 0 Å². The molecule has 1 heterocycles. The number of hydrogen-bond donors (Lipinski definition) is 1. The Hall–Kier alpha value is -1.58. The molecule has 0 bridgehead atoms. The Morgan fingerprint density at radius 3 is 2.44 bits per heavy atom. The monoisotopic (exact) mass is 250 g/mol. The maximum Gasteiger partial charge on any atom is 0.253 e. The fourth-order valence-electron chi connectivity index (χ4n) is 2.20. The van der Waals surface area contributed by atoms with Crippen molar-refractivity contribution in [2.24, 2.45) is 10.4 Å². The third-order valence-corrected chi connectivity index (χ3v) is 3.15. The van der Waals surface area contributed by atoms with Crippen molar-refractivity contribution in [1.29, 1.82) is 0 Å². The van der Waals surface area contributed by atoms with Crippen molar-refractivity contribution in [3.8, 4) is 0 Å². The Morgan fingerprint density at radius 1 is 1.33 bits per heavy atom. The van der Waals surface area contributed by atoms with Crippen LogP contribution in [0.25, 0.3) is 0 Å². The van der Waals surface area contributed by atoms with Crippen LogP contribution in [-0.4, -0.2) is 15.8 Å². The minimum absolute atomic E-state index is 0.153. The summed E-state index contributed by atoms with van der Waals surface area (Å²) in [6, 6.07) is 5.05. The van der Waals surface area contributed by atoms with Crippen molar-refractivity contribution in [3.63, 3.8) is 0 Å². The molecule has 0 aliphatic heterocycles. The van der Waals surface area contributed by atoms with E-state index in [0.29, 0.717) is 0 Å². The average Bonchev–Trinajstić information content (AvgIpc) is 2.32. The van der Waals surface area contributed by atoms with Crippen LogP contribution in [0.3, 0.4) is 0 Å². The first-order valence-electron chi connectivity index (χ1n) is 6.49. The highest BCUT2D eigenvalue weighted by atomic mass is 16.5. The van der Waals surface area contributed by atoms with Gasteiger partial charge in [0.2, 0.25) is 0 Å². The lowest BCUT2D eigenvalue weighted by Gasteiger charge is -2.24. The van der Waals surface area contributed by atoms with Crippen LogP contribution in [0.5, 0.6) is 0 Å². The van der Waals surface area contributed by atoms with Crippen molar-refractivity contribution < 1.29 is 10.0 Å². The summed E-state index contributed by atoms with van der Waals surface area (Å²) in [4.78, 5) is 16.3. The quantitative estimate of drug-likeness (QED) is 0.817. The van der Waals surface area contributed by atoms with E-state index in [4.69, 9.17) is 0 Å². The van der Waals surface area contributed by atoms with Crippen LogP contribution >= 0.6 is 0 Å². The zero-order chi connectivity index (χ0) is 13.6. The van der Waals surface area contributed by atoms with Crippen molar-refractivity contribution >= 4 is 5.91 Å². The predicted molar refractivity (Wildman–Crippen MR) is 70.1 cm³/mol. The van der Waals surface area contributed by atoms with Gasteiger partial charge in [0.15, 0.2) is 5.49 Å². The van der Waals surface area contributed by atoms with Gasteiger partial charge in [-0.1, -0.05) is 39.7 Å². The first kappa shape index (κ1) is 14.5. The van der Waals surface area contributed by atoms with Gasteiger partial charge in [0.25, 0.3) is 5.91 Å². The van der Waals surface area contributed by atoms with E-state index in [2.05, 4.69) is 18.8 Å². The summed E-state index contributed by atoms with van der Waals surface area (Å²) in [5.74, 6) is -0.153. The van der Waals surface area contributed by atoms with Crippen molar-refractivity contribution in [2.75, 3.05) is 0 Å². The van der Waals surface area contributed by atoms with E-state index in [0.717, 1.165) is 30.4 Å². The van der Waals surface area contributed by atoms with Gasteiger partial charge in [-0.3, -0.25) is 4.79 Å². The van der Waals surface area contributed by atoms with Crippen LogP contribution in [-0.2, 0) is 4.79 Å². The topological polar surface area (TPSA) is 54.6 Å². The fraction of sp³-hybridized carbons (Fsp3) is 0.571. The third-order valence-electron chi connectivity index (χ3n) is 3.15. The summed E-state index contributed by atoms with van der Waals surface area (Å²) < 4.78 is 0.871. The van der Waals surface area contributed by atoms with Crippen LogP contribution in [0.4, 0.5) is 0 Å². The summed E-state index contributed by atoms with van der Waals surface area (Å²) in [6.45, 7) is 6.09. The van der Waals surface area contributed by atoms with Crippen molar-refractivity contribution in [1.82, 2.24) is 4.73 Å². The Bertz CT molecular complexity index is 457. The normalized spacial score (nSPS) is 12.7. The molecule has 0 saturated carbocycles. The Morgan fingerprint density at radius 2 is 1.94 bits per heavy atom. The summed E-state index contributed by atoms with van der Waals surface area (Å²) in [6.07, 6.45) is 5.00. The summed E-state index contributed by atoms with van der Waals surface area (Å²) in [7, 11) is 0. The molecule has 0 spiro atoms. The molecule has 18 heavy (non-hydrogen) atoms. The lowest BCUT2D eigenvalue weighted by molar-refractivity contribution is -0.127. The molecule has 4 nitrogen and oxygen atoms in total. The molecule has 0 aliphatic rings. The molecule has 1 rings (SSSR count). The smallest absolute Gasteiger partial charge is 0.253 e. The van der Waals surface area contributed by atoms with Crippen LogP contribution in [0.15, 0.2) is 29.4 Å². The largest absolute Gasteiger partial charge is 0.427 e. The highest BCUT2D eigenvalue weighted by Crippen LogP contribution is 2.30. The van der Waals surface area contributed by atoms with Crippen molar-refractivity contribution in [3.05, 3.63) is 29.9 Å². The number of carbonyl (C=O) groups is 1. The number of amides is 1. The summed E-state index contributed by atoms with van der Waals surface area (Å²) in [5, 5.41) is 9.56. The zero-order valence-electron chi connectivity index (χ0n) is 11.4. The molecule has 4 heteroatoms. The highest BCUT2D eigenvalue weighted by molar-refractivity contribution is 5.82. The maximum absolute atomic E-state index is 12.3. The van der Waals surface area contributed by atoms with Crippen LogP contribution in [0.2, 0.25) is 0 Å². The standard InChI is InChI=1S/C14H22N2O2/c1-4-9-14(3,10-5-2)13(17)15-12-8-6-7-11-16(12)18/h6-8,11,18H,4-5,9-10H2,1-3H3. The number of rotatable bonds is 5. The fourth-order valence-corrected chi connectivity index (χ4v) is 2.20. The van der Waals surface area contributed by atoms with Crippen molar-refractivity contribution in [2.45, 2.75) is 46.5 Å². The van der Waals surface area contributed by atoms with Gasteiger partial charge in [0.05, 0.1) is 0 Å². The second-order valence-electron chi connectivity index (χ2n) is 4.88. The van der Waals surface area contributed by atoms with E-state index in [9.17, 15) is 10.0 Å². The van der Waals surface area contributed by atoms with Crippen LogP contribution in [0, 0.1) is 5.41 Å². The van der Waals surface area contributed by atoms with Gasteiger partial charge >= 0.3 is 0 Å². The molecular formula is C14H22N2O2. The number of hydrogen-bond acceptors (Lipinski definition) is 2. The van der Waals surface area contributed by atoms with Crippen LogP contribution < -0.4 is 5.49 Å². The minimum atomic E-state index is -0.424. The first-order valence-corrected chi connectivity index (χ1v) is 6.49. The zero-order valence-corrected chi connectivity index (χ0v) is 11.4.